The molecule has 2 rings (SSSR count). The Hall–Kier alpha value is -2.29. The molecule has 0 aliphatic heterocycles. The van der Waals surface area contributed by atoms with Crippen molar-refractivity contribution in [3.05, 3.63) is 53.9 Å². The third-order valence-electron chi connectivity index (χ3n) is 2.63. The Morgan fingerprint density at radius 1 is 0.944 bits per heavy atom. The van der Waals surface area contributed by atoms with Crippen LogP contribution in [0.4, 0.5) is 0 Å². The first kappa shape index (κ1) is 12.2. The van der Waals surface area contributed by atoms with Crippen LogP contribution in [0.2, 0.25) is 0 Å². The van der Waals surface area contributed by atoms with E-state index in [2.05, 4.69) is 4.98 Å². The van der Waals surface area contributed by atoms with Crippen molar-refractivity contribution in [2.75, 3.05) is 14.2 Å². The van der Waals surface area contributed by atoms with Crippen LogP contribution in [0.1, 0.15) is 11.1 Å². The number of rotatable bonds is 4. The van der Waals surface area contributed by atoms with E-state index in [1.54, 1.807) is 14.2 Å². The average Bonchev–Trinajstić information content (AvgIpc) is 2.45. The summed E-state index contributed by atoms with van der Waals surface area (Å²) < 4.78 is 10.6. The number of para-hydroxylation sites is 1. The molecule has 0 aliphatic rings. The summed E-state index contributed by atoms with van der Waals surface area (Å²) in [6, 6.07) is 9.83. The van der Waals surface area contributed by atoms with E-state index >= 15 is 0 Å². The van der Waals surface area contributed by atoms with Crippen molar-refractivity contribution >= 4 is 12.2 Å². The van der Waals surface area contributed by atoms with Crippen molar-refractivity contribution in [1.29, 1.82) is 0 Å². The molecule has 92 valence electrons. The molecule has 0 unspecified atom stereocenters. The zero-order valence-electron chi connectivity index (χ0n) is 10.5. The van der Waals surface area contributed by atoms with Gasteiger partial charge in [0, 0.05) is 17.7 Å². The second kappa shape index (κ2) is 5.87. The fourth-order valence-corrected chi connectivity index (χ4v) is 1.74. The predicted octanol–water partition coefficient (Wildman–Crippen LogP) is 2.69. The number of ether oxygens (including phenoxy) is 2. The van der Waals surface area contributed by atoms with Crippen molar-refractivity contribution < 1.29 is 14.5 Å². The van der Waals surface area contributed by atoms with Gasteiger partial charge in [-0.05, 0) is 11.6 Å². The van der Waals surface area contributed by atoms with Crippen molar-refractivity contribution in [3.8, 4) is 11.5 Å². The summed E-state index contributed by atoms with van der Waals surface area (Å²) in [6.45, 7) is 0. The van der Waals surface area contributed by atoms with E-state index < -0.39 is 0 Å². The van der Waals surface area contributed by atoms with Gasteiger partial charge in [-0.25, -0.2) is 4.98 Å². The van der Waals surface area contributed by atoms with Crippen LogP contribution in [0.25, 0.3) is 12.2 Å². The van der Waals surface area contributed by atoms with Crippen LogP contribution in [0.5, 0.6) is 11.5 Å². The molecule has 0 spiro atoms. The molecule has 1 aromatic heterocycles. The Morgan fingerprint density at radius 2 is 1.72 bits per heavy atom. The van der Waals surface area contributed by atoms with Gasteiger partial charge in [0.2, 0.25) is 0 Å². The van der Waals surface area contributed by atoms with Crippen molar-refractivity contribution in [3.63, 3.8) is 0 Å². The lowest BCUT2D eigenvalue weighted by molar-refractivity contribution is -0.378. The molecule has 0 aliphatic carbocycles. The van der Waals surface area contributed by atoms with Crippen LogP contribution in [-0.4, -0.2) is 14.2 Å². The Labute approximate surface area is 107 Å². The SMILES string of the molecule is COc1cccc(/C=C/c2cc[nH+]cc2)c1OC. The average molecular weight is 242 g/mol. The van der Waals surface area contributed by atoms with Crippen LogP contribution in [0.3, 0.4) is 0 Å². The van der Waals surface area contributed by atoms with Crippen LogP contribution >= 0.6 is 0 Å². The van der Waals surface area contributed by atoms with Gasteiger partial charge in [0.1, 0.15) is 0 Å². The van der Waals surface area contributed by atoms with Gasteiger partial charge in [-0.1, -0.05) is 24.3 Å². The monoisotopic (exact) mass is 242 g/mol. The van der Waals surface area contributed by atoms with E-state index in [1.165, 1.54) is 0 Å². The lowest BCUT2D eigenvalue weighted by Crippen LogP contribution is -1.96. The van der Waals surface area contributed by atoms with E-state index in [9.17, 15) is 0 Å². The summed E-state index contributed by atoms with van der Waals surface area (Å²) in [4.78, 5) is 2.99. The minimum absolute atomic E-state index is 0.737. The molecular formula is C15H16NO2+. The highest BCUT2D eigenvalue weighted by atomic mass is 16.5. The molecule has 1 aromatic carbocycles. The van der Waals surface area contributed by atoms with Crippen LogP contribution in [0, 0.1) is 0 Å². The van der Waals surface area contributed by atoms with E-state index in [-0.39, 0.29) is 0 Å². The highest BCUT2D eigenvalue weighted by molar-refractivity contribution is 5.74. The second-order valence-electron chi connectivity index (χ2n) is 3.75. The molecule has 1 heterocycles. The van der Waals surface area contributed by atoms with E-state index in [4.69, 9.17) is 9.47 Å². The van der Waals surface area contributed by atoms with Gasteiger partial charge >= 0.3 is 0 Å². The number of H-pyrrole nitrogens is 1. The number of hydrogen-bond acceptors (Lipinski definition) is 2. The minimum atomic E-state index is 0.737. The summed E-state index contributed by atoms with van der Waals surface area (Å²) in [5.41, 5.74) is 2.11. The topological polar surface area (TPSA) is 32.6 Å². The molecule has 3 heteroatoms. The maximum atomic E-state index is 5.37. The third kappa shape index (κ3) is 2.69. The quantitative estimate of drug-likeness (QED) is 0.825. The maximum absolute atomic E-state index is 5.37. The van der Waals surface area contributed by atoms with Crippen molar-refractivity contribution in [1.82, 2.24) is 0 Å². The molecule has 0 fully saturated rings. The zero-order valence-corrected chi connectivity index (χ0v) is 10.5. The number of methoxy groups -OCH3 is 2. The van der Waals surface area contributed by atoms with Gasteiger partial charge in [-0.2, -0.15) is 0 Å². The Morgan fingerprint density at radius 3 is 2.39 bits per heavy atom. The van der Waals surface area contributed by atoms with Gasteiger partial charge in [-0.15, -0.1) is 0 Å². The molecule has 0 bridgehead atoms. The van der Waals surface area contributed by atoms with Crippen molar-refractivity contribution in [2.24, 2.45) is 0 Å². The Balaban J connectivity index is 2.32. The molecule has 18 heavy (non-hydrogen) atoms. The Bertz CT molecular complexity index is 535. The summed E-state index contributed by atoms with van der Waals surface area (Å²) in [5, 5.41) is 0. The van der Waals surface area contributed by atoms with Crippen LogP contribution in [-0.2, 0) is 0 Å². The number of hydrogen-bond donors (Lipinski definition) is 0. The second-order valence-corrected chi connectivity index (χ2v) is 3.75. The van der Waals surface area contributed by atoms with E-state index in [1.807, 2.05) is 54.9 Å². The highest BCUT2D eigenvalue weighted by Crippen LogP contribution is 2.31. The molecule has 0 saturated carbocycles. The summed E-state index contributed by atoms with van der Waals surface area (Å²) >= 11 is 0. The van der Waals surface area contributed by atoms with E-state index in [0.29, 0.717) is 0 Å². The van der Waals surface area contributed by atoms with Gasteiger partial charge < -0.3 is 9.47 Å². The first-order chi connectivity index (χ1) is 8.85. The minimum Gasteiger partial charge on any atom is -0.493 e. The highest BCUT2D eigenvalue weighted by Gasteiger charge is 2.06. The largest absolute Gasteiger partial charge is 0.493 e. The molecule has 1 N–H and O–H groups in total. The number of nitrogens with one attached hydrogen (secondary N) is 1. The first-order valence-corrected chi connectivity index (χ1v) is 5.70. The van der Waals surface area contributed by atoms with Gasteiger partial charge in [-0.3, -0.25) is 0 Å². The molecule has 0 amide bonds. The van der Waals surface area contributed by atoms with Crippen molar-refractivity contribution in [2.45, 2.75) is 0 Å². The van der Waals surface area contributed by atoms with Crippen LogP contribution < -0.4 is 14.5 Å². The molecule has 3 nitrogen and oxygen atoms in total. The maximum Gasteiger partial charge on any atom is 0.167 e. The molecule has 0 radical (unpaired) electrons. The smallest absolute Gasteiger partial charge is 0.167 e. The standard InChI is InChI=1S/C15H15NO2/c1-17-14-5-3-4-13(15(14)18-2)7-6-12-8-10-16-11-9-12/h3-11H,1-2H3/p+1/b7-6+. The van der Waals surface area contributed by atoms with Gasteiger partial charge in [0.05, 0.1) is 14.2 Å². The molecular weight excluding hydrogens is 226 g/mol. The van der Waals surface area contributed by atoms with Gasteiger partial charge in [0.15, 0.2) is 23.9 Å². The number of pyridine rings is 1. The zero-order chi connectivity index (χ0) is 12.8. The number of aromatic nitrogens is 1. The van der Waals surface area contributed by atoms with E-state index in [0.717, 1.165) is 22.6 Å². The summed E-state index contributed by atoms with van der Waals surface area (Å²) in [5.74, 6) is 1.49. The molecule has 0 atom stereocenters. The molecule has 0 saturated heterocycles. The van der Waals surface area contributed by atoms with Crippen LogP contribution in [0.15, 0.2) is 42.7 Å². The fourth-order valence-electron chi connectivity index (χ4n) is 1.74. The Kier molecular flexibility index (Phi) is 3.97. The summed E-state index contributed by atoms with van der Waals surface area (Å²) in [7, 11) is 3.28. The normalized spacial score (nSPS) is 10.6. The fraction of sp³-hybridized carbons (Fsp3) is 0.133. The summed E-state index contributed by atoms with van der Waals surface area (Å²) in [6.07, 6.45) is 7.83. The molecule has 2 aromatic rings. The number of benzene rings is 1. The first-order valence-electron chi connectivity index (χ1n) is 5.70. The van der Waals surface area contributed by atoms with Gasteiger partial charge in [0.25, 0.3) is 0 Å². The predicted molar refractivity (Wildman–Crippen MR) is 71.5 cm³/mol. The lowest BCUT2D eigenvalue weighted by atomic mass is 10.1. The third-order valence-corrected chi connectivity index (χ3v) is 2.63. The lowest BCUT2D eigenvalue weighted by Gasteiger charge is -2.09. The number of aromatic amines is 1.